The molecule has 0 aliphatic carbocycles. The SMILES string of the molecule is CC(C)(Cc1c(Cl)cc(OC(F)(F)F)cc1Cl)C(=O)C(Cc1ccc(Cl)cc1)n1cncn1. The number of nitrogens with zero attached hydrogens (tertiary/aromatic N) is 3. The second-order valence-electron chi connectivity index (χ2n) is 8.06. The average Bonchev–Trinajstić information content (AvgIpc) is 3.23. The standard InChI is InChI=1S/C22H19Cl3F3N3O2/c1-21(2,10-16-17(24)8-15(9-18(16)25)33-22(26,27)28)20(32)19(31-12-29-11-30-31)7-13-3-5-14(23)6-4-13/h3-6,8-9,11-12,19H,7,10H2,1-2H3. The van der Waals surface area contributed by atoms with Gasteiger partial charge >= 0.3 is 6.36 Å². The predicted octanol–water partition coefficient (Wildman–Crippen LogP) is 6.76. The normalized spacial score (nSPS) is 13.1. The molecule has 0 aliphatic rings. The third-order valence-electron chi connectivity index (χ3n) is 5.03. The summed E-state index contributed by atoms with van der Waals surface area (Å²) in [5, 5.41) is 4.65. The summed E-state index contributed by atoms with van der Waals surface area (Å²) in [6.07, 6.45) is -1.67. The van der Waals surface area contributed by atoms with Crippen molar-refractivity contribution in [3.8, 4) is 5.75 Å². The Morgan fingerprint density at radius 1 is 1.09 bits per heavy atom. The Hall–Kier alpha value is -2.29. The van der Waals surface area contributed by atoms with Crippen molar-refractivity contribution in [2.75, 3.05) is 0 Å². The predicted molar refractivity (Wildman–Crippen MR) is 120 cm³/mol. The number of benzene rings is 2. The molecule has 33 heavy (non-hydrogen) atoms. The molecule has 11 heteroatoms. The third-order valence-corrected chi connectivity index (χ3v) is 5.96. The van der Waals surface area contributed by atoms with E-state index in [0.29, 0.717) is 17.0 Å². The van der Waals surface area contributed by atoms with Crippen molar-refractivity contribution in [3.63, 3.8) is 0 Å². The Bertz CT molecular complexity index is 1100. The zero-order chi connectivity index (χ0) is 24.4. The monoisotopic (exact) mass is 519 g/mol. The minimum Gasteiger partial charge on any atom is -0.406 e. The molecule has 0 saturated carbocycles. The lowest BCUT2D eigenvalue weighted by Crippen LogP contribution is -2.36. The second kappa shape index (κ2) is 9.91. The summed E-state index contributed by atoms with van der Waals surface area (Å²) in [4.78, 5) is 17.6. The first kappa shape index (κ1) is 25.3. The minimum atomic E-state index is -4.88. The Balaban J connectivity index is 1.88. The number of carbonyl (C=O) groups excluding carboxylic acids is 1. The quantitative estimate of drug-likeness (QED) is 0.329. The van der Waals surface area contributed by atoms with Gasteiger partial charge in [0.15, 0.2) is 5.78 Å². The van der Waals surface area contributed by atoms with Crippen LogP contribution >= 0.6 is 34.8 Å². The molecule has 0 saturated heterocycles. The summed E-state index contributed by atoms with van der Waals surface area (Å²) in [6, 6.07) is 8.47. The van der Waals surface area contributed by atoms with Crippen molar-refractivity contribution in [2.24, 2.45) is 5.41 Å². The van der Waals surface area contributed by atoms with Gasteiger partial charge < -0.3 is 4.74 Å². The van der Waals surface area contributed by atoms with E-state index in [0.717, 1.165) is 17.7 Å². The highest BCUT2D eigenvalue weighted by Crippen LogP contribution is 2.38. The van der Waals surface area contributed by atoms with Crippen molar-refractivity contribution < 1.29 is 22.7 Å². The van der Waals surface area contributed by atoms with E-state index >= 15 is 0 Å². The maximum atomic E-state index is 13.6. The molecule has 0 radical (unpaired) electrons. The van der Waals surface area contributed by atoms with Crippen molar-refractivity contribution in [1.29, 1.82) is 0 Å². The van der Waals surface area contributed by atoms with E-state index in [1.54, 1.807) is 26.0 Å². The summed E-state index contributed by atoms with van der Waals surface area (Å²) >= 11 is 18.4. The molecule has 0 fully saturated rings. The number of alkyl halides is 3. The van der Waals surface area contributed by atoms with Crippen LogP contribution in [0.2, 0.25) is 15.1 Å². The van der Waals surface area contributed by atoms with Crippen LogP contribution in [-0.4, -0.2) is 26.9 Å². The number of hydrogen-bond donors (Lipinski definition) is 0. The average molecular weight is 521 g/mol. The van der Waals surface area contributed by atoms with Crippen molar-refractivity contribution in [3.05, 3.63) is 75.2 Å². The molecule has 1 unspecified atom stereocenters. The van der Waals surface area contributed by atoms with Gasteiger partial charge in [-0.15, -0.1) is 13.2 Å². The number of ketones is 1. The van der Waals surface area contributed by atoms with Crippen molar-refractivity contribution >= 4 is 40.6 Å². The van der Waals surface area contributed by atoms with Crippen LogP contribution in [0.15, 0.2) is 49.1 Å². The first-order valence-corrected chi connectivity index (χ1v) is 10.9. The molecular weight excluding hydrogens is 502 g/mol. The van der Waals surface area contributed by atoms with Gasteiger partial charge in [-0.1, -0.05) is 60.8 Å². The van der Waals surface area contributed by atoms with Crippen LogP contribution in [0.3, 0.4) is 0 Å². The number of ether oxygens (including phenoxy) is 1. The molecule has 1 atom stereocenters. The Morgan fingerprint density at radius 2 is 1.70 bits per heavy atom. The number of halogens is 6. The molecule has 1 aromatic heterocycles. The van der Waals surface area contributed by atoms with E-state index in [1.165, 1.54) is 17.3 Å². The third kappa shape index (κ3) is 6.62. The fourth-order valence-corrected chi connectivity index (χ4v) is 4.18. The van der Waals surface area contributed by atoms with Gasteiger partial charge in [0.05, 0.1) is 0 Å². The molecule has 0 bridgehead atoms. The number of Topliss-reactive ketones (excluding diaryl/α,β-unsaturated/α-hetero) is 1. The number of carbonyl (C=O) groups is 1. The van der Waals surface area contributed by atoms with Gasteiger partial charge in [0.1, 0.15) is 24.4 Å². The molecule has 1 heterocycles. The lowest BCUT2D eigenvalue weighted by Gasteiger charge is -2.29. The first-order valence-electron chi connectivity index (χ1n) is 9.72. The van der Waals surface area contributed by atoms with E-state index in [4.69, 9.17) is 34.8 Å². The van der Waals surface area contributed by atoms with Crippen LogP contribution in [0.4, 0.5) is 13.2 Å². The summed E-state index contributed by atoms with van der Waals surface area (Å²) in [5.41, 5.74) is 0.215. The van der Waals surface area contributed by atoms with Crippen LogP contribution in [0.5, 0.6) is 5.75 Å². The largest absolute Gasteiger partial charge is 0.573 e. The van der Waals surface area contributed by atoms with E-state index in [-0.39, 0.29) is 22.2 Å². The number of rotatable bonds is 8. The van der Waals surface area contributed by atoms with Crippen LogP contribution in [0, 0.1) is 5.41 Å². The maximum absolute atomic E-state index is 13.6. The van der Waals surface area contributed by atoms with Gasteiger partial charge in [-0.25, -0.2) is 9.67 Å². The molecule has 0 amide bonds. The molecule has 0 spiro atoms. The van der Waals surface area contributed by atoms with Gasteiger partial charge in [0.25, 0.3) is 0 Å². The van der Waals surface area contributed by atoms with E-state index in [2.05, 4.69) is 14.8 Å². The topological polar surface area (TPSA) is 57.0 Å². The minimum absolute atomic E-state index is 0.0300. The summed E-state index contributed by atoms with van der Waals surface area (Å²) in [7, 11) is 0. The van der Waals surface area contributed by atoms with Gasteiger partial charge in [-0.3, -0.25) is 4.79 Å². The summed E-state index contributed by atoms with van der Waals surface area (Å²) < 4.78 is 43.0. The highest BCUT2D eigenvalue weighted by molar-refractivity contribution is 6.36. The summed E-state index contributed by atoms with van der Waals surface area (Å²) in [5.74, 6) is -0.709. The fraction of sp³-hybridized carbons (Fsp3) is 0.318. The number of hydrogen-bond acceptors (Lipinski definition) is 4. The maximum Gasteiger partial charge on any atom is 0.573 e. The molecular formula is C22H19Cl3F3N3O2. The molecule has 3 rings (SSSR count). The summed E-state index contributed by atoms with van der Waals surface area (Å²) in [6.45, 7) is 3.43. The van der Waals surface area contributed by atoms with E-state index < -0.39 is 23.6 Å². The number of aromatic nitrogens is 3. The molecule has 0 N–H and O–H groups in total. The molecule has 5 nitrogen and oxygen atoms in total. The molecule has 0 aliphatic heterocycles. The van der Waals surface area contributed by atoms with Gasteiger partial charge in [-0.05, 0) is 41.8 Å². The zero-order valence-corrected chi connectivity index (χ0v) is 19.8. The van der Waals surface area contributed by atoms with Crippen LogP contribution in [0.25, 0.3) is 0 Å². The Labute approximate surface area is 203 Å². The highest BCUT2D eigenvalue weighted by Gasteiger charge is 2.37. The van der Waals surface area contributed by atoms with Crippen LogP contribution < -0.4 is 4.74 Å². The lowest BCUT2D eigenvalue weighted by molar-refractivity contribution is -0.274. The fourth-order valence-electron chi connectivity index (χ4n) is 3.45. The van der Waals surface area contributed by atoms with Gasteiger partial charge in [-0.2, -0.15) is 5.10 Å². The first-order chi connectivity index (χ1) is 15.4. The van der Waals surface area contributed by atoms with Crippen LogP contribution in [0.1, 0.15) is 31.0 Å². The Morgan fingerprint density at radius 3 is 2.21 bits per heavy atom. The molecule has 176 valence electrons. The highest BCUT2D eigenvalue weighted by atomic mass is 35.5. The van der Waals surface area contributed by atoms with Crippen molar-refractivity contribution in [1.82, 2.24) is 14.8 Å². The van der Waals surface area contributed by atoms with Crippen LogP contribution in [-0.2, 0) is 17.6 Å². The van der Waals surface area contributed by atoms with E-state index in [9.17, 15) is 18.0 Å². The zero-order valence-electron chi connectivity index (χ0n) is 17.5. The van der Waals surface area contributed by atoms with Gasteiger partial charge in [0, 0.05) is 26.9 Å². The molecule has 2 aromatic carbocycles. The van der Waals surface area contributed by atoms with Gasteiger partial charge in [0.2, 0.25) is 0 Å². The lowest BCUT2D eigenvalue weighted by atomic mass is 9.77. The Kier molecular flexibility index (Phi) is 7.61. The van der Waals surface area contributed by atoms with Crippen molar-refractivity contribution in [2.45, 2.75) is 39.1 Å². The molecule has 3 aromatic rings. The smallest absolute Gasteiger partial charge is 0.406 e. The van der Waals surface area contributed by atoms with E-state index in [1.807, 2.05) is 12.1 Å². The second-order valence-corrected chi connectivity index (χ2v) is 9.31.